The van der Waals surface area contributed by atoms with E-state index in [9.17, 15) is 4.79 Å². The molecule has 1 fully saturated rings. The maximum Gasteiger partial charge on any atom is 0.271 e. The molecule has 1 aliphatic carbocycles. The monoisotopic (exact) mass is 278 g/mol. The minimum Gasteiger partial charge on any atom is -0.376 e. The van der Waals surface area contributed by atoms with Crippen molar-refractivity contribution in [3.8, 4) is 0 Å². The molecule has 0 radical (unpaired) electrons. The average Bonchev–Trinajstić information content (AvgIpc) is 2.98. The van der Waals surface area contributed by atoms with Crippen molar-refractivity contribution in [3.05, 3.63) is 17.8 Å². The molecule has 20 heavy (non-hydrogen) atoms. The molecule has 0 bridgehead atoms. The fraction of sp³-hybridized carbons (Fsp3) is 0.643. The molecule has 0 aliphatic heterocycles. The fourth-order valence-electron chi connectivity index (χ4n) is 2.26. The second-order valence-corrected chi connectivity index (χ2v) is 4.87. The van der Waals surface area contributed by atoms with Gasteiger partial charge < -0.3 is 15.4 Å². The Balaban J connectivity index is 1.68. The van der Waals surface area contributed by atoms with Gasteiger partial charge in [0, 0.05) is 13.1 Å². The first-order valence-electron chi connectivity index (χ1n) is 7.27. The molecule has 110 valence electrons. The van der Waals surface area contributed by atoms with Crippen LogP contribution in [-0.4, -0.2) is 41.9 Å². The number of nitrogens with zero attached hydrogens (tertiary/aromatic N) is 2. The highest BCUT2D eigenvalue weighted by atomic mass is 16.5. The highest BCUT2D eigenvalue weighted by molar-refractivity contribution is 5.92. The molecule has 1 saturated carbocycles. The average molecular weight is 278 g/mol. The van der Waals surface area contributed by atoms with Crippen LogP contribution in [0.3, 0.4) is 0 Å². The van der Waals surface area contributed by atoms with E-state index < -0.39 is 0 Å². The van der Waals surface area contributed by atoms with E-state index >= 15 is 0 Å². The van der Waals surface area contributed by atoms with E-state index in [1.54, 1.807) is 12.1 Å². The first kappa shape index (κ1) is 14.7. The summed E-state index contributed by atoms with van der Waals surface area (Å²) in [6.45, 7) is 3.82. The van der Waals surface area contributed by atoms with Gasteiger partial charge in [-0.25, -0.2) is 0 Å². The van der Waals surface area contributed by atoms with E-state index in [2.05, 4.69) is 20.8 Å². The number of anilines is 1. The number of hydrogen-bond acceptors (Lipinski definition) is 5. The Kier molecular flexibility index (Phi) is 5.73. The minimum absolute atomic E-state index is 0.212. The Morgan fingerprint density at radius 3 is 2.80 bits per heavy atom. The highest BCUT2D eigenvalue weighted by Gasteiger charge is 2.15. The van der Waals surface area contributed by atoms with Crippen LogP contribution in [0.15, 0.2) is 12.1 Å². The molecule has 2 rings (SSSR count). The molecule has 1 amide bonds. The van der Waals surface area contributed by atoms with E-state index in [1.807, 2.05) is 6.92 Å². The van der Waals surface area contributed by atoms with Gasteiger partial charge in [0.05, 0.1) is 12.7 Å². The van der Waals surface area contributed by atoms with Gasteiger partial charge in [0.15, 0.2) is 5.69 Å². The molecule has 2 N–H and O–H groups in total. The third-order valence-electron chi connectivity index (χ3n) is 3.30. The van der Waals surface area contributed by atoms with Crippen molar-refractivity contribution in [2.75, 3.05) is 25.0 Å². The second kappa shape index (κ2) is 7.79. The lowest BCUT2D eigenvalue weighted by Gasteiger charge is -2.11. The van der Waals surface area contributed by atoms with Crippen molar-refractivity contribution >= 4 is 11.7 Å². The summed E-state index contributed by atoms with van der Waals surface area (Å²) < 4.78 is 5.68. The maximum atomic E-state index is 11.8. The van der Waals surface area contributed by atoms with Gasteiger partial charge in [-0.05, 0) is 31.9 Å². The molecule has 0 unspecified atom stereocenters. The fourth-order valence-corrected chi connectivity index (χ4v) is 2.26. The van der Waals surface area contributed by atoms with Gasteiger partial charge in [-0.2, -0.15) is 0 Å². The van der Waals surface area contributed by atoms with Crippen molar-refractivity contribution in [2.45, 2.75) is 38.7 Å². The van der Waals surface area contributed by atoms with Crippen LogP contribution in [-0.2, 0) is 4.74 Å². The zero-order chi connectivity index (χ0) is 14.2. The van der Waals surface area contributed by atoms with Gasteiger partial charge in [-0.3, -0.25) is 4.79 Å². The van der Waals surface area contributed by atoms with Crippen LogP contribution < -0.4 is 10.6 Å². The molecule has 1 aromatic rings. The van der Waals surface area contributed by atoms with Gasteiger partial charge >= 0.3 is 0 Å². The molecule has 0 atom stereocenters. The molecule has 1 aliphatic rings. The summed E-state index contributed by atoms with van der Waals surface area (Å²) in [5.74, 6) is 0.462. The molecule has 6 nitrogen and oxygen atoms in total. The zero-order valence-electron chi connectivity index (χ0n) is 11.9. The molecule has 0 saturated heterocycles. The third-order valence-corrected chi connectivity index (χ3v) is 3.30. The number of ether oxygens (including phenoxy) is 1. The lowest BCUT2D eigenvalue weighted by Crippen LogP contribution is -2.29. The Bertz CT molecular complexity index is 416. The molecule has 1 aromatic heterocycles. The van der Waals surface area contributed by atoms with Gasteiger partial charge in [0.1, 0.15) is 5.82 Å². The van der Waals surface area contributed by atoms with Gasteiger partial charge in [0.2, 0.25) is 0 Å². The molecule has 6 heteroatoms. The number of aromatic nitrogens is 2. The Morgan fingerprint density at radius 2 is 2.15 bits per heavy atom. The van der Waals surface area contributed by atoms with Crippen molar-refractivity contribution < 1.29 is 9.53 Å². The number of hydrogen-bond donors (Lipinski definition) is 2. The van der Waals surface area contributed by atoms with E-state index in [0.29, 0.717) is 30.8 Å². The SMILES string of the molecule is CCNc1ccc(C(=O)NCCOC2CCCC2)nn1. The van der Waals surface area contributed by atoms with Gasteiger partial charge in [-0.15, -0.1) is 10.2 Å². The van der Waals surface area contributed by atoms with Gasteiger partial charge in [0.25, 0.3) is 5.91 Å². The summed E-state index contributed by atoms with van der Waals surface area (Å²) in [5, 5.41) is 13.6. The molecule has 1 heterocycles. The van der Waals surface area contributed by atoms with Crippen molar-refractivity contribution in [3.63, 3.8) is 0 Å². The van der Waals surface area contributed by atoms with E-state index in [-0.39, 0.29) is 5.91 Å². The lowest BCUT2D eigenvalue weighted by molar-refractivity contribution is 0.0581. The lowest BCUT2D eigenvalue weighted by atomic mass is 10.3. The summed E-state index contributed by atoms with van der Waals surface area (Å²) in [4.78, 5) is 11.8. The van der Waals surface area contributed by atoms with E-state index in [0.717, 1.165) is 19.4 Å². The Labute approximate surface area is 119 Å². The van der Waals surface area contributed by atoms with Crippen LogP contribution in [0.5, 0.6) is 0 Å². The predicted molar refractivity (Wildman–Crippen MR) is 76.7 cm³/mol. The Hall–Kier alpha value is -1.69. The van der Waals surface area contributed by atoms with Crippen LogP contribution in [0.2, 0.25) is 0 Å². The van der Waals surface area contributed by atoms with Gasteiger partial charge in [-0.1, -0.05) is 12.8 Å². The van der Waals surface area contributed by atoms with Crippen LogP contribution in [0.25, 0.3) is 0 Å². The summed E-state index contributed by atoms with van der Waals surface area (Å²) in [6.07, 6.45) is 5.18. The van der Waals surface area contributed by atoms with Crippen molar-refractivity contribution in [1.29, 1.82) is 0 Å². The van der Waals surface area contributed by atoms with E-state index in [4.69, 9.17) is 4.74 Å². The first-order chi connectivity index (χ1) is 9.79. The summed E-state index contributed by atoms with van der Waals surface area (Å²) >= 11 is 0. The quantitative estimate of drug-likeness (QED) is 0.741. The van der Waals surface area contributed by atoms with Crippen LogP contribution >= 0.6 is 0 Å². The second-order valence-electron chi connectivity index (χ2n) is 4.87. The maximum absolute atomic E-state index is 11.8. The minimum atomic E-state index is -0.212. The molecular weight excluding hydrogens is 256 g/mol. The standard InChI is InChI=1S/C14H22N4O2/c1-2-15-13-8-7-12(17-18-13)14(19)16-9-10-20-11-5-3-4-6-11/h7-8,11H,2-6,9-10H2,1H3,(H,15,18)(H,16,19). The van der Waals surface area contributed by atoms with Crippen LogP contribution in [0.4, 0.5) is 5.82 Å². The van der Waals surface area contributed by atoms with Crippen LogP contribution in [0, 0.1) is 0 Å². The Morgan fingerprint density at radius 1 is 1.35 bits per heavy atom. The number of amides is 1. The summed E-state index contributed by atoms with van der Waals surface area (Å²) in [7, 11) is 0. The smallest absolute Gasteiger partial charge is 0.271 e. The first-order valence-corrected chi connectivity index (χ1v) is 7.27. The normalized spacial score (nSPS) is 15.2. The summed E-state index contributed by atoms with van der Waals surface area (Å²) in [5.41, 5.74) is 0.326. The largest absolute Gasteiger partial charge is 0.376 e. The van der Waals surface area contributed by atoms with Crippen molar-refractivity contribution in [2.24, 2.45) is 0 Å². The highest BCUT2D eigenvalue weighted by Crippen LogP contribution is 2.20. The zero-order valence-corrected chi connectivity index (χ0v) is 11.9. The summed E-state index contributed by atoms with van der Waals surface area (Å²) in [6, 6.07) is 3.42. The topological polar surface area (TPSA) is 76.1 Å². The number of nitrogens with one attached hydrogen (secondary N) is 2. The molecular formula is C14H22N4O2. The third kappa shape index (κ3) is 4.45. The molecule has 0 spiro atoms. The number of rotatable bonds is 7. The van der Waals surface area contributed by atoms with Crippen molar-refractivity contribution in [1.82, 2.24) is 15.5 Å². The molecule has 0 aromatic carbocycles. The van der Waals surface area contributed by atoms with E-state index in [1.165, 1.54) is 12.8 Å². The number of carbonyl (C=O) groups is 1. The predicted octanol–water partition coefficient (Wildman–Crippen LogP) is 1.60. The number of carbonyl (C=O) groups excluding carboxylic acids is 1. The van der Waals surface area contributed by atoms with Crippen LogP contribution in [0.1, 0.15) is 43.1 Å².